The van der Waals surface area contributed by atoms with Crippen molar-refractivity contribution < 1.29 is 4.79 Å². The third-order valence-corrected chi connectivity index (χ3v) is 4.24. The predicted octanol–water partition coefficient (Wildman–Crippen LogP) is 1.02. The van der Waals surface area contributed by atoms with Crippen molar-refractivity contribution in [3.63, 3.8) is 0 Å². The van der Waals surface area contributed by atoms with Crippen LogP contribution in [0.4, 0.5) is 0 Å². The lowest BCUT2D eigenvalue weighted by Gasteiger charge is -2.39. The summed E-state index contributed by atoms with van der Waals surface area (Å²) >= 11 is 0. The second kappa shape index (κ2) is 6.27. The Balaban J connectivity index is 1.83. The molecule has 0 atom stereocenters. The maximum absolute atomic E-state index is 13.1. The van der Waals surface area contributed by atoms with Crippen LogP contribution in [0.15, 0.2) is 42.9 Å². The molecule has 0 radical (unpaired) electrons. The molecule has 2 aromatic heterocycles. The van der Waals surface area contributed by atoms with Gasteiger partial charge in [-0.15, -0.1) is 0 Å². The van der Waals surface area contributed by atoms with E-state index in [2.05, 4.69) is 15.4 Å². The molecule has 1 N–H and O–H groups in total. The van der Waals surface area contributed by atoms with Crippen LogP contribution in [0.5, 0.6) is 0 Å². The van der Waals surface area contributed by atoms with Crippen LogP contribution in [0.2, 0.25) is 0 Å². The maximum Gasteiger partial charge on any atom is 0.250 e. The first-order valence-electron chi connectivity index (χ1n) is 7.59. The third-order valence-electron chi connectivity index (χ3n) is 4.24. The summed E-state index contributed by atoms with van der Waals surface area (Å²) in [7, 11) is 1.84. The van der Waals surface area contributed by atoms with Gasteiger partial charge in [-0.25, -0.2) is 0 Å². The highest BCUT2D eigenvalue weighted by Crippen LogP contribution is 2.29. The average molecular weight is 299 g/mol. The summed E-state index contributed by atoms with van der Waals surface area (Å²) in [5.41, 5.74) is 0.307. The first kappa shape index (κ1) is 14.7. The summed E-state index contributed by atoms with van der Waals surface area (Å²) < 4.78 is 1.82. The molecule has 3 rings (SSSR count). The van der Waals surface area contributed by atoms with Crippen molar-refractivity contribution in [2.75, 3.05) is 20.1 Å². The van der Waals surface area contributed by atoms with E-state index in [-0.39, 0.29) is 5.91 Å². The molecule has 0 aromatic carbocycles. The molecule has 6 nitrogen and oxygen atoms in total. The zero-order chi connectivity index (χ0) is 15.4. The molecule has 0 aliphatic carbocycles. The van der Waals surface area contributed by atoms with Crippen molar-refractivity contribution in [2.45, 2.75) is 24.9 Å². The number of rotatable bonds is 4. The summed E-state index contributed by atoms with van der Waals surface area (Å²) in [6.45, 7) is 2.15. The quantitative estimate of drug-likeness (QED) is 0.915. The minimum atomic E-state index is -0.585. The van der Waals surface area contributed by atoms with Crippen molar-refractivity contribution in [3.8, 4) is 0 Å². The number of amides is 1. The number of piperidine rings is 1. The molecule has 2 aromatic rings. The van der Waals surface area contributed by atoms with Gasteiger partial charge < -0.3 is 10.2 Å². The van der Waals surface area contributed by atoms with Gasteiger partial charge in [0.05, 0.1) is 12.2 Å². The first-order chi connectivity index (χ1) is 10.7. The van der Waals surface area contributed by atoms with E-state index in [1.54, 1.807) is 17.3 Å². The van der Waals surface area contributed by atoms with Crippen LogP contribution in [-0.2, 0) is 16.9 Å². The van der Waals surface area contributed by atoms with Crippen LogP contribution in [0.1, 0.15) is 18.5 Å². The van der Waals surface area contributed by atoms with Crippen LogP contribution < -0.4 is 5.32 Å². The Labute approximate surface area is 130 Å². The highest BCUT2D eigenvalue weighted by Gasteiger charge is 2.43. The Morgan fingerprint density at radius 3 is 2.77 bits per heavy atom. The number of nitrogens with zero attached hydrogens (tertiary/aromatic N) is 4. The topological polar surface area (TPSA) is 63.1 Å². The second-order valence-electron chi connectivity index (χ2n) is 5.71. The maximum atomic E-state index is 13.1. The lowest BCUT2D eigenvalue weighted by molar-refractivity contribution is -0.142. The molecule has 116 valence electrons. The normalized spacial score (nSPS) is 17.1. The van der Waals surface area contributed by atoms with Crippen LogP contribution in [0, 0.1) is 0 Å². The lowest BCUT2D eigenvalue weighted by Crippen LogP contribution is -2.54. The number of nitrogens with one attached hydrogen (secondary N) is 1. The lowest BCUT2D eigenvalue weighted by atomic mass is 9.87. The van der Waals surface area contributed by atoms with Gasteiger partial charge in [-0.3, -0.25) is 14.5 Å². The predicted molar refractivity (Wildman–Crippen MR) is 83.0 cm³/mol. The highest BCUT2D eigenvalue weighted by atomic mass is 16.2. The van der Waals surface area contributed by atoms with Gasteiger partial charge in [-0.05, 0) is 44.1 Å². The van der Waals surface area contributed by atoms with Gasteiger partial charge in [-0.2, -0.15) is 5.10 Å². The zero-order valence-electron chi connectivity index (χ0n) is 12.8. The zero-order valence-corrected chi connectivity index (χ0v) is 12.8. The second-order valence-corrected chi connectivity index (χ2v) is 5.71. The molecule has 0 bridgehead atoms. The van der Waals surface area contributed by atoms with E-state index < -0.39 is 5.54 Å². The largest absolute Gasteiger partial charge is 0.338 e. The van der Waals surface area contributed by atoms with Gasteiger partial charge in [0.2, 0.25) is 0 Å². The van der Waals surface area contributed by atoms with E-state index in [9.17, 15) is 4.79 Å². The summed E-state index contributed by atoms with van der Waals surface area (Å²) in [5.74, 6) is 0.100. The minimum Gasteiger partial charge on any atom is -0.338 e. The van der Waals surface area contributed by atoms with Crippen LogP contribution >= 0.6 is 0 Å². The van der Waals surface area contributed by atoms with E-state index in [0.717, 1.165) is 31.6 Å². The molecular weight excluding hydrogens is 278 g/mol. The van der Waals surface area contributed by atoms with Crippen LogP contribution in [-0.4, -0.2) is 45.7 Å². The van der Waals surface area contributed by atoms with E-state index in [1.165, 1.54) is 0 Å². The van der Waals surface area contributed by atoms with Crippen molar-refractivity contribution in [1.82, 2.24) is 25.0 Å². The molecule has 0 spiro atoms. The molecule has 3 heterocycles. The van der Waals surface area contributed by atoms with Gasteiger partial charge >= 0.3 is 0 Å². The number of likely N-dealkylation sites (N-methyl/N-ethyl adjacent to an activating group) is 1. The molecule has 22 heavy (non-hydrogen) atoms. The first-order valence-corrected chi connectivity index (χ1v) is 7.59. The molecule has 6 heteroatoms. The monoisotopic (exact) mass is 299 g/mol. The minimum absolute atomic E-state index is 0.100. The van der Waals surface area contributed by atoms with Gasteiger partial charge in [0.15, 0.2) is 0 Å². The number of pyridine rings is 1. The fourth-order valence-corrected chi connectivity index (χ4v) is 3.07. The van der Waals surface area contributed by atoms with Crippen molar-refractivity contribution >= 4 is 5.91 Å². The Bertz CT molecular complexity index is 605. The number of carbonyl (C=O) groups is 1. The number of aromatic nitrogens is 3. The molecule has 0 saturated carbocycles. The van der Waals surface area contributed by atoms with Gasteiger partial charge in [0.1, 0.15) is 5.54 Å². The smallest absolute Gasteiger partial charge is 0.250 e. The van der Waals surface area contributed by atoms with Gasteiger partial charge in [-0.1, -0.05) is 6.07 Å². The van der Waals surface area contributed by atoms with E-state index in [1.807, 2.05) is 42.2 Å². The Hall–Kier alpha value is -2.21. The van der Waals surface area contributed by atoms with Gasteiger partial charge in [0, 0.05) is 25.6 Å². The van der Waals surface area contributed by atoms with Crippen LogP contribution in [0.25, 0.3) is 0 Å². The number of carbonyl (C=O) groups excluding carboxylic acids is 1. The van der Waals surface area contributed by atoms with E-state index in [0.29, 0.717) is 6.54 Å². The van der Waals surface area contributed by atoms with E-state index >= 15 is 0 Å². The molecule has 1 aliphatic heterocycles. The number of hydrogen-bond donors (Lipinski definition) is 1. The van der Waals surface area contributed by atoms with Crippen molar-refractivity contribution in [1.29, 1.82) is 0 Å². The van der Waals surface area contributed by atoms with Crippen LogP contribution in [0.3, 0.4) is 0 Å². The molecule has 0 unspecified atom stereocenters. The standard InChI is InChI=1S/C16H21N5O/c1-20(13-14-5-2-3-8-18-14)15(22)16(6-10-17-11-7-16)21-12-4-9-19-21/h2-5,8-9,12,17H,6-7,10-11,13H2,1H3. The number of hydrogen-bond acceptors (Lipinski definition) is 4. The SMILES string of the molecule is CN(Cc1ccccn1)C(=O)C1(n2cccn2)CCNCC1. The Morgan fingerprint density at radius 2 is 2.14 bits per heavy atom. The molecular formula is C16H21N5O. The molecule has 1 amide bonds. The third kappa shape index (κ3) is 2.74. The molecule has 1 aliphatic rings. The summed E-state index contributed by atoms with van der Waals surface area (Å²) in [6, 6.07) is 7.63. The summed E-state index contributed by atoms with van der Waals surface area (Å²) in [5, 5.41) is 7.67. The molecule has 1 fully saturated rings. The fourth-order valence-electron chi connectivity index (χ4n) is 3.07. The Morgan fingerprint density at radius 1 is 1.32 bits per heavy atom. The van der Waals surface area contributed by atoms with Crippen molar-refractivity contribution in [2.24, 2.45) is 0 Å². The average Bonchev–Trinajstić information content (AvgIpc) is 3.11. The fraction of sp³-hybridized carbons (Fsp3) is 0.438. The molecule has 1 saturated heterocycles. The van der Waals surface area contributed by atoms with Gasteiger partial charge in [0.25, 0.3) is 5.91 Å². The Kier molecular flexibility index (Phi) is 4.20. The highest BCUT2D eigenvalue weighted by molar-refractivity contribution is 5.84. The van der Waals surface area contributed by atoms with E-state index in [4.69, 9.17) is 0 Å². The van der Waals surface area contributed by atoms with Crippen molar-refractivity contribution in [3.05, 3.63) is 48.5 Å². The summed E-state index contributed by atoms with van der Waals surface area (Å²) in [6.07, 6.45) is 6.87. The summed E-state index contributed by atoms with van der Waals surface area (Å²) in [4.78, 5) is 19.2.